The number of carbonyl (C=O) groups is 2. The van der Waals surface area contributed by atoms with Gasteiger partial charge in [0.2, 0.25) is 11.8 Å². The van der Waals surface area contributed by atoms with E-state index >= 15 is 0 Å². The van der Waals surface area contributed by atoms with E-state index in [4.69, 9.17) is 11.6 Å². The molecule has 2 rings (SSSR count). The lowest BCUT2D eigenvalue weighted by molar-refractivity contribution is -0.135. The van der Waals surface area contributed by atoms with Crippen LogP contribution in [0, 0.1) is 13.8 Å². The Bertz CT molecular complexity index is 572. The van der Waals surface area contributed by atoms with Gasteiger partial charge in [-0.15, -0.1) is 0 Å². The first-order valence-corrected chi connectivity index (χ1v) is 8.60. The van der Waals surface area contributed by atoms with Gasteiger partial charge in [0.05, 0.1) is 10.7 Å². The van der Waals surface area contributed by atoms with Crippen molar-refractivity contribution in [1.82, 2.24) is 4.90 Å². The molecule has 23 heavy (non-hydrogen) atoms. The van der Waals surface area contributed by atoms with Crippen molar-refractivity contribution in [1.29, 1.82) is 0 Å². The number of halogens is 1. The Labute approximate surface area is 143 Å². The fourth-order valence-electron chi connectivity index (χ4n) is 3.30. The summed E-state index contributed by atoms with van der Waals surface area (Å²) in [7, 11) is 0. The number of hydrogen-bond donors (Lipinski definition) is 1. The minimum Gasteiger partial charge on any atom is -0.331 e. The molecule has 0 unspecified atom stereocenters. The number of carbonyl (C=O) groups excluding carboxylic acids is 2. The number of nitrogens with one attached hydrogen (secondary N) is 1. The van der Waals surface area contributed by atoms with Crippen LogP contribution in [0.25, 0.3) is 0 Å². The van der Waals surface area contributed by atoms with E-state index in [0.29, 0.717) is 10.7 Å². The predicted octanol–water partition coefficient (Wildman–Crippen LogP) is 4.08. The number of amides is 2. The lowest BCUT2D eigenvalue weighted by Gasteiger charge is -2.33. The molecule has 1 N–H and O–H groups in total. The van der Waals surface area contributed by atoms with Gasteiger partial charge in [0, 0.05) is 13.0 Å². The summed E-state index contributed by atoms with van der Waals surface area (Å²) in [4.78, 5) is 26.0. The van der Waals surface area contributed by atoms with Gasteiger partial charge in [0.25, 0.3) is 0 Å². The molecule has 0 aliphatic heterocycles. The van der Waals surface area contributed by atoms with Crippen LogP contribution in [0.4, 0.5) is 5.69 Å². The molecule has 0 atom stereocenters. The lowest BCUT2D eigenvalue weighted by atomic mass is 9.94. The Kier molecular flexibility index (Phi) is 6.05. The number of benzene rings is 1. The van der Waals surface area contributed by atoms with Crippen LogP contribution in [0.1, 0.15) is 50.2 Å². The molecule has 0 heterocycles. The maximum Gasteiger partial charge on any atom is 0.244 e. The fraction of sp³-hybridized carbons (Fsp3) is 0.556. The van der Waals surface area contributed by atoms with E-state index in [0.717, 1.165) is 36.8 Å². The summed E-state index contributed by atoms with van der Waals surface area (Å²) in [6, 6.07) is 3.99. The van der Waals surface area contributed by atoms with E-state index in [9.17, 15) is 9.59 Å². The summed E-state index contributed by atoms with van der Waals surface area (Å²) in [5.74, 6) is -0.238. The SMILES string of the molecule is CC(=O)N(CC(=O)Nc1c(C)cc(C)cc1Cl)C1CCCCC1. The Morgan fingerprint density at radius 3 is 2.43 bits per heavy atom. The molecule has 1 aliphatic carbocycles. The van der Waals surface area contributed by atoms with Crippen LogP contribution in [-0.2, 0) is 9.59 Å². The van der Waals surface area contributed by atoms with Gasteiger partial charge in [0.1, 0.15) is 6.54 Å². The molecule has 0 spiro atoms. The Balaban J connectivity index is 2.06. The van der Waals surface area contributed by atoms with Crippen LogP contribution in [0.2, 0.25) is 5.02 Å². The summed E-state index contributed by atoms with van der Waals surface area (Å²) in [5, 5.41) is 3.40. The average Bonchev–Trinajstić information content (AvgIpc) is 2.49. The quantitative estimate of drug-likeness (QED) is 0.900. The number of hydrogen-bond acceptors (Lipinski definition) is 2. The second-order valence-corrected chi connectivity index (χ2v) is 6.83. The van der Waals surface area contributed by atoms with Crippen molar-refractivity contribution in [2.75, 3.05) is 11.9 Å². The van der Waals surface area contributed by atoms with Crippen molar-refractivity contribution in [2.24, 2.45) is 0 Å². The second kappa shape index (κ2) is 7.82. The highest BCUT2D eigenvalue weighted by molar-refractivity contribution is 6.34. The summed E-state index contributed by atoms with van der Waals surface area (Å²) in [6.07, 6.45) is 5.43. The molecule has 4 nitrogen and oxygen atoms in total. The smallest absolute Gasteiger partial charge is 0.244 e. The largest absolute Gasteiger partial charge is 0.331 e. The number of rotatable bonds is 4. The maximum atomic E-state index is 12.4. The van der Waals surface area contributed by atoms with Crippen molar-refractivity contribution in [2.45, 2.75) is 58.9 Å². The Hall–Kier alpha value is -1.55. The summed E-state index contributed by atoms with van der Waals surface area (Å²) < 4.78 is 0. The summed E-state index contributed by atoms with van der Waals surface area (Å²) >= 11 is 6.23. The first-order chi connectivity index (χ1) is 10.9. The highest BCUT2D eigenvalue weighted by atomic mass is 35.5. The van der Waals surface area contributed by atoms with E-state index < -0.39 is 0 Å². The second-order valence-electron chi connectivity index (χ2n) is 6.43. The van der Waals surface area contributed by atoms with E-state index in [1.165, 1.54) is 13.3 Å². The van der Waals surface area contributed by atoms with Crippen LogP contribution in [0.5, 0.6) is 0 Å². The van der Waals surface area contributed by atoms with E-state index in [1.807, 2.05) is 26.0 Å². The third kappa shape index (κ3) is 4.71. The van der Waals surface area contributed by atoms with Crippen molar-refractivity contribution >= 4 is 29.1 Å². The average molecular weight is 337 g/mol. The molecule has 0 radical (unpaired) electrons. The van der Waals surface area contributed by atoms with Gasteiger partial charge in [-0.3, -0.25) is 9.59 Å². The maximum absolute atomic E-state index is 12.4. The molecular formula is C18H25ClN2O2. The molecule has 0 saturated heterocycles. The summed E-state index contributed by atoms with van der Waals surface area (Å²) in [6.45, 7) is 5.50. The Morgan fingerprint density at radius 1 is 1.22 bits per heavy atom. The molecule has 126 valence electrons. The lowest BCUT2D eigenvalue weighted by Crippen LogP contribution is -2.44. The van der Waals surface area contributed by atoms with Gasteiger partial charge in [0.15, 0.2) is 0 Å². The normalized spacial score (nSPS) is 15.3. The third-order valence-corrected chi connectivity index (χ3v) is 4.73. The number of aryl methyl sites for hydroxylation is 2. The number of anilines is 1. The van der Waals surface area contributed by atoms with Crippen LogP contribution in [0.3, 0.4) is 0 Å². The van der Waals surface area contributed by atoms with Gasteiger partial charge >= 0.3 is 0 Å². The molecule has 1 aliphatic rings. The first-order valence-electron chi connectivity index (χ1n) is 8.22. The molecule has 1 saturated carbocycles. The predicted molar refractivity (Wildman–Crippen MR) is 93.8 cm³/mol. The van der Waals surface area contributed by atoms with E-state index in [2.05, 4.69) is 5.32 Å². The van der Waals surface area contributed by atoms with Crippen LogP contribution in [0.15, 0.2) is 12.1 Å². The molecule has 1 fully saturated rings. The van der Waals surface area contributed by atoms with Gasteiger partial charge in [-0.2, -0.15) is 0 Å². The molecule has 2 amide bonds. The zero-order valence-corrected chi connectivity index (χ0v) is 14.9. The molecule has 0 bridgehead atoms. The topological polar surface area (TPSA) is 49.4 Å². The third-order valence-electron chi connectivity index (χ3n) is 4.43. The van der Waals surface area contributed by atoms with Crippen molar-refractivity contribution in [3.63, 3.8) is 0 Å². The first kappa shape index (κ1) is 17.8. The summed E-state index contributed by atoms with van der Waals surface area (Å²) in [5.41, 5.74) is 2.61. The van der Waals surface area contributed by atoms with Crippen LogP contribution in [-0.4, -0.2) is 29.3 Å². The van der Waals surface area contributed by atoms with Gasteiger partial charge < -0.3 is 10.2 Å². The minimum atomic E-state index is -0.195. The Morgan fingerprint density at radius 2 is 1.87 bits per heavy atom. The minimum absolute atomic E-state index is 0.0428. The van der Waals surface area contributed by atoms with Gasteiger partial charge in [-0.25, -0.2) is 0 Å². The van der Waals surface area contributed by atoms with E-state index in [1.54, 1.807) is 4.90 Å². The molecule has 5 heteroatoms. The van der Waals surface area contributed by atoms with Gasteiger partial charge in [-0.1, -0.05) is 36.9 Å². The molecular weight excluding hydrogens is 312 g/mol. The van der Waals surface area contributed by atoms with E-state index in [-0.39, 0.29) is 24.4 Å². The van der Waals surface area contributed by atoms with Crippen molar-refractivity contribution < 1.29 is 9.59 Å². The highest BCUT2D eigenvalue weighted by Gasteiger charge is 2.25. The van der Waals surface area contributed by atoms with Crippen LogP contribution < -0.4 is 5.32 Å². The molecule has 1 aromatic carbocycles. The fourth-order valence-corrected chi connectivity index (χ4v) is 3.67. The monoisotopic (exact) mass is 336 g/mol. The van der Waals surface area contributed by atoms with Crippen LogP contribution >= 0.6 is 11.6 Å². The standard InChI is InChI=1S/C18H25ClN2O2/c1-12-9-13(2)18(16(19)10-12)20-17(23)11-21(14(3)22)15-7-5-4-6-8-15/h9-10,15H,4-8,11H2,1-3H3,(H,20,23). The molecule has 1 aromatic rings. The van der Waals surface area contributed by atoms with Crippen molar-refractivity contribution in [3.8, 4) is 0 Å². The van der Waals surface area contributed by atoms with Gasteiger partial charge in [-0.05, 0) is 43.9 Å². The zero-order chi connectivity index (χ0) is 17.0. The zero-order valence-electron chi connectivity index (χ0n) is 14.1. The highest BCUT2D eigenvalue weighted by Crippen LogP contribution is 2.28. The van der Waals surface area contributed by atoms with Crippen molar-refractivity contribution in [3.05, 3.63) is 28.3 Å². The molecule has 0 aromatic heterocycles. The number of nitrogens with zero attached hydrogens (tertiary/aromatic N) is 1.